The Balaban J connectivity index is 1.88. The Kier molecular flexibility index (Phi) is 5.45. The predicted molar refractivity (Wildman–Crippen MR) is 115 cm³/mol. The molecule has 0 spiro atoms. The standard InChI is InChI=1S/C22H33N5O/c1-27(18-12-6-10-16(18)24)22-19(20(25)13-8-5-9-15(13)23)21(28-2)14-7-3-4-11-17(14)26-22/h3-4,7,11,13,15-16,18,20H,5-6,8-10,12,23-25H2,1-2H3. The number of rotatable bonds is 5. The van der Waals surface area contributed by atoms with E-state index >= 15 is 0 Å². The summed E-state index contributed by atoms with van der Waals surface area (Å²) in [6, 6.07) is 8.43. The fourth-order valence-electron chi connectivity index (χ4n) is 5.26. The Morgan fingerprint density at radius 1 is 1.07 bits per heavy atom. The van der Waals surface area contributed by atoms with Gasteiger partial charge in [0, 0.05) is 36.6 Å². The molecule has 5 unspecified atom stereocenters. The number of benzene rings is 1. The summed E-state index contributed by atoms with van der Waals surface area (Å²) in [5.41, 5.74) is 21.6. The summed E-state index contributed by atoms with van der Waals surface area (Å²) in [5.74, 6) is 1.95. The molecule has 5 atom stereocenters. The average Bonchev–Trinajstić information content (AvgIpc) is 3.33. The number of pyridine rings is 1. The van der Waals surface area contributed by atoms with Crippen molar-refractivity contribution >= 4 is 16.7 Å². The van der Waals surface area contributed by atoms with Crippen LogP contribution >= 0.6 is 0 Å². The monoisotopic (exact) mass is 383 g/mol. The van der Waals surface area contributed by atoms with Gasteiger partial charge in [-0.1, -0.05) is 18.6 Å². The van der Waals surface area contributed by atoms with E-state index in [-0.39, 0.29) is 30.1 Å². The number of methoxy groups -OCH3 is 1. The van der Waals surface area contributed by atoms with Crippen molar-refractivity contribution in [2.24, 2.45) is 23.1 Å². The normalized spacial score (nSPS) is 28.6. The topological polar surface area (TPSA) is 103 Å². The molecule has 2 saturated carbocycles. The third-order valence-corrected chi connectivity index (χ3v) is 6.85. The van der Waals surface area contributed by atoms with Crippen LogP contribution in [0.15, 0.2) is 24.3 Å². The number of fused-ring (bicyclic) bond motifs is 1. The Bertz CT molecular complexity index is 841. The molecular weight excluding hydrogens is 350 g/mol. The molecule has 0 radical (unpaired) electrons. The largest absolute Gasteiger partial charge is 0.496 e. The number of likely N-dealkylation sites (N-methyl/N-ethyl adjacent to an activating group) is 1. The van der Waals surface area contributed by atoms with Gasteiger partial charge in [-0.3, -0.25) is 0 Å². The van der Waals surface area contributed by atoms with Crippen LogP contribution in [-0.4, -0.2) is 37.3 Å². The molecule has 1 aromatic carbocycles. The Labute approximate surface area is 167 Å². The number of para-hydroxylation sites is 1. The molecule has 0 amide bonds. The summed E-state index contributed by atoms with van der Waals surface area (Å²) in [7, 11) is 3.81. The zero-order valence-electron chi connectivity index (χ0n) is 17.0. The van der Waals surface area contributed by atoms with Crippen LogP contribution in [0.3, 0.4) is 0 Å². The van der Waals surface area contributed by atoms with E-state index in [0.717, 1.165) is 66.6 Å². The van der Waals surface area contributed by atoms with E-state index in [1.807, 2.05) is 18.2 Å². The first-order valence-corrected chi connectivity index (χ1v) is 10.5. The van der Waals surface area contributed by atoms with Gasteiger partial charge in [-0.15, -0.1) is 0 Å². The number of anilines is 1. The fraction of sp³-hybridized carbons (Fsp3) is 0.591. The van der Waals surface area contributed by atoms with Crippen LogP contribution in [0, 0.1) is 5.92 Å². The lowest BCUT2D eigenvalue weighted by Crippen LogP contribution is -2.44. The molecule has 1 aromatic heterocycles. The van der Waals surface area contributed by atoms with Gasteiger partial charge in [0.25, 0.3) is 0 Å². The van der Waals surface area contributed by atoms with Crippen LogP contribution in [0.2, 0.25) is 0 Å². The molecule has 4 rings (SSSR count). The van der Waals surface area contributed by atoms with Gasteiger partial charge < -0.3 is 26.8 Å². The van der Waals surface area contributed by atoms with Gasteiger partial charge >= 0.3 is 0 Å². The van der Waals surface area contributed by atoms with E-state index in [2.05, 4.69) is 18.0 Å². The first kappa shape index (κ1) is 19.4. The smallest absolute Gasteiger partial charge is 0.137 e. The summed E-state index contributed by atoms with van der Waals surface area (Å²) < 4.78 is 5.94. The summed E-state index contributed by atoms with van der Waals surface area (Å²) >= 11 is 0. The van der Waals surface area contributed by atoms with Crippen LogP contribution in [0.4, 0.5) is 5.82 Å². The fourth-order valence-corrected chi connectivity index (χ4v) is 5.26. The van der Waals surface area contributed by atoms with Gasteiger partial charge in [0.2, 0.25) is 0 Å². The quantitative estimate of drug-likeness (QED) is 0.733. The number of hydrogen-bond acceptors (Lipinski definition) is 6. The van der Waals surface area contributed by atoms with Crippen LogP contribution in [0.1, 0.15) is 50.1 Å². The highest BCUT2D eigenvalue weighted by molar-refractivity contribution is 5.89. The molecule has 0 aliphatic heterocycles. The van der Waals surface area contributed by atoms with E-state index < -0.39 is 0 Å². The number of hydrogen-bond donors (Lipinski definition) is 3. The lowest BCUT2D eigenvalue weighted by Gasteiger charge is -2.34. The number of aromatic nitrogens is 1. The van der Waals surface area contributed by atoms with Crippen molar-refractivity contribution in [3.05, 3.63) is 29.8 Å². The minimum Gasteiger partial charge on any atom is -0.496 e. The second-order valence-corrected chi connectivity index (χ2v) is 8.46. The minimum atomic E-state index is -0.209. The Hall–Kier alpha value is -1.89. The summed E-state index contributed by atoms with van der Waals surface area (Å²) in [6.07, 6.45) is 6.47. The summed E-state index contributed by atoms with van der Waals surface area (Å²) in [4.78, 5) is 7.29. The van der Waals surface area contributed by atoms with E-state index in [4.69, 9.17) is 26.9 Å². The lowest BCUT2D eigenvalue weighted by atomic mass is 9.88. The average molecular weight is 384 g/mol. The van der Waals surface area contributed by atoms with Crippen molar-refractivity contribution < 1.29 is 4.74 Å². The van der Waals surface area contributed by atoms with Crippen LogP contribution in [-0.2, 0) is 0 Å². The zero-order valence-corrected chi connectivity index (χ0v) is 17.0. The summed E-state index contributed by atoms with van der Waals surface area (Å²) in [5, 5.41) is 0.995. The van der Waals surface area contributed by atoms with Crippen LogP contribution < -0.4 is 26.8 Å². The van der Waals surface area contributed by atoms with Gasteiger partial charge in [-0.25, -0.2) is 4.98 Å². The Morgan fingerprint density at radius 2 is 1.79 bits per heavy atom. The van der Waals surface area contributed by atoms with Crippen molar-refractivity contribution in [3.8, 4) is 5.75 Å². The highest BCUT2D eigenvalue weighted by Crippen LogP contribution is 2.44. The molecule has 0 bridgehead atoms. The number of ether oxygens (including phenoxy) is 1. The maximum absolute atomic E-state index is 6.87. The van der Waals surface area contributed by atoms with Crippen molar-refractivity contribution in [2.45, 2.75) is 62.7 Å². The highest BCUT2D eigenvalue weighted by atomic mass is 16.5. The molecule has 2 fully saturated rings. The van der Waals surface area contributed by atoms with Crippen molar-refractivity contribution in [1.82, 2.24) is 4.98 Å². The molecule has 2 aliphatic rings. The lowest BCUT2D eigenvalue weighted by molar-refractivity contribution is 0.370. The molecule has 6 nitrogen and oxygen atoms in total. The SMILES string of the molecule is COc1c(C(N)C2CCCC2N)c(N(C)C2CCCC2N)nc2ccccc12. The molecule has 152 valence electrons. The van der Waals surface area contributed by atoms with Gasteiger partial charge in [-0.05, 0) is 50.2 Å². The number of nitrogens with two attached hydrogens (primary N) is 3. The van der Waals surface area contributed by atoms with Crippen molar-refractivity contribution in [3.63, 3.8) is 0 Å². The van der Waals surface area contributed by atoms with Crippen LogP contribution in [0.5, 0.6) is 5.75 Å². The molecule has 0 saturated heterocycles. The first-order valence-electron chi connectivity index (χ1n) is 10.5. The zero-order chi connectivity index (χ0) is 19.8. The van der Waals surface area contributed by atoms with Gasteiger partial charge in [-0.2, -0.15) is 0 Å². The molecule has 1 heterocycles. The van der Waals surface area contributed by atoms with E-state index in [1.54, 1.807) is 7.11 Å². The predicted octanol–water partition coefficient (Wildman–Crippen LogP) is 2.69. The van der Waals surface area contributed by atoms with Crippen molar-refractivity contribution in [2.75, 3.05) is 19.1 Å². The van der Waals surface area contributed by atoms with E-state index in [0.29, 0.717) is 0 Å². The van der Waals surface area contributed by atoms with E-state index in [1.165, 1.54) is 0 Å². The Morgan fingerprint density at radius 3 is 2.43 bits per heavy atom. The van der Waals surface area contributed by atoms with E-state index in [9.17, 15) is 0 Å². The maximum atomic E-state index is 6.87. The van der Waals surface area contributed by atoms with Crippen LogP contribution in [0.25, 0.3) is 10.9 Å². The van der Waals surface area contributed by atoms with Crippen molar-refractivity contribution in [1.29, 1.82) is 0 Å². The highest BCUT2D eigenvalue weighted by Gasteiger charge is 2.37. The maximum Gasteiger partial charge on any atom is 0.137 e. The van der Waals surface area contributed by atoms with Gasteiger partial charge in [0.15, 0.2) is 0 Å². The molecule has 6 N–H and O–H groups in total. The molecular formula is C22H33N5O. The second-order valence-electron chi connectivity index (χ2n) is 8.46. The molecule has 2 aromatic rings. The molecule has 6 heteroatoms. The molecule has 2 aliphatic carbocycles. The molecule has 28 heavy (non-hydrogen) atoms. The summed E-state index contributed by atoms with van der Waals surface area (Å²) in [6.45, 7) is 0. The number of nitrogens with zero attached hydrogens (tertiary/aromatic N) is 2. The minimum absolute atomic E-state index is 0.123. The van der Waals surface area contributed by atoms with Gasteiger partial charge in [0.05, 0.1) is 18.2 Å². The van der Waals surface area contributed by atoms with Gasteiger partial charge in [0.1, 0.15) is 11.6 Å². The third kappa shape index (κ3) is 3.23. The second kappa shape index (κ2) is 7.85. The third-order valence-electron chi connectivity index (χ3n) is 6.85. The first-order chi connectivity index (χ1) is 13.5.